The highest BCUT2D eigenvalue weighted by molar-refractivity contribution is 5.78. The van der Waals surface area contributed by atoms with Crippen LogP contribution in [0.4, 0.5) is 0 Å². The van der Waals surface area contributed by atoms with Crippen molar-refractivity contribution in [1.29, 1.82) is 0 Å². The smallest absolute Gasteiger partial charge is 0.0950 e. The average Bonchev–Trinajstić information content (AvgIpc) is 2.89. The highest BCUT2D eigenvalue weighted by Crippen LogP contribution is 2.20. The summed E-state index contributed by atoms with van der Waals surface area (Å²) in [6.45, 7) is 5.37. The fourth-order valence-corrected chi connectivity index (χ4v) is 3.32. The molecule has 0 radical (unpaired) electrons. The topological polar surface area (TPSA) is 54.2 Å². The third-order valence-electron chi connectivity index (χ3n) is 4.58. The van der Waals surface area contributed by atoms with Crippen LogP contribution in [-0.4, -0.2) is 31.3 Å². The van der Waals surface area contributed by atoms with Gasteiger partial charge in [-0.05, 0) is 31.5 Å². The summed E-state index contributed by atoms with van der Waals surface area (Å²) in [5, 5.41) is 15.4. The van der Waals surface area contributed by atoms with Gasteiger partial charge in [0.1, 0.15) is 0 Å². The Kier molecular flexibility index (Phi) is 4.04. The lowest BCUT2D eigenvalue weighted by Crippen LogP contribution is -2.23. The summed E-state index contributed by atoms with van der Waals surface area (Å²) in [5.74, 6) is 0. The first kappa shape index (κ1) is 15.3. The van der Waals surface area contributed by atoms with E-state index >= 15 is 0 Å². The lowest BCUT2D eigenvalue weighted by molar-refractivity contribution is 0.193. The third-order valence-corrected chi connectivity index (χ3v) is 4.58. The first-order valence-electron chi connectivity index (χ1n) is 8.51. The van der Waals surface area contributed by atoms with Crippen molar-refractivity contribution in [2.75, 3.05) is 6.54 Å². The lowest BCUT2D eigenvalue weighted by Gasteiger charge is -2.19. The van der Waals surface area contributed by atoms with Crippen molar-refractivity contribution in [3.63, 3.8) is 0 Å². The minimum Gasteiger partial charge on any atom is -0.387 e. The molecule has 1 aliphatic heterocycles. The largest absolute Gasteiger partial charge is 0.387 e. The van der Waals surface area contributed by atoms with Gasteiger partial charge in [0.15, 0.2) is 0 Å². The van der Waals surface area contributed by atoms with E-state index in [1.807, 2.05) is 22.9 Å². The minimum absolute atomic E-state index is 0.514. The van der Waals surface area contributed by atoms with E-state index in [0.29, 0.717) is 0 Å². The van der Waals surface area contributed by atoms with Crippen LogP contribution in [0.15, 0.2) is 42.5 Å². The van der Waals surface area contributed by atoms with Crippen LogP contribution >= 0.6 is 0 Å². The number of hydrogen-bond donors (Lipinski definition) is 1. The van der Waals surface area contributed by atoms with Crippen molar-refractivity contribution < 1.29 is 5.11 Å². The van der Waals surface area contributed by atoms with E-state index in [1.165, 1.54) is 11.1 Å². The first-order chi connectivity index (χ1) is 11.7. The van der Waals surface area contributed by atoms with Gasteiger partial charge in [-0.25, -0.2) is 0 Å². The Labute approximate surface area is 141 Å². The molecule has 5 nitrogen and oxygen atoms in total. The number of para-hydroxylation sites is 1. The van der Waals surface area contributed by atoms with Crippen LogP contribution in [0.2, 0.25) is 0 Å². The summed E-state index contributed by atoms with van der Waals surface area (Å²) < 4.78 is 2.04. The van der Waals surface area contributed by atoms with E-state index in [9.17, 15) is 5.11 Å². The number of aliphatic hydroxyl groups excluding tert-OH is 1. The molecule has 1 atom stereocenters. The quantitative estimate of drug-likeness (QED) is 0.805. The molecule has 1 N–H and O–H groups in total. The van der Waals surface area contributed by atoms with Gasteiger partial charge >= 0.3 is 0 Å². The highest BCUT2D eigenvalue weighted by atomic mass is 16.3. The van der Waals surface area contributed by atoms with Crippen LogP contribution in [0.5, 0.6) is 0 Å². The Morgan fingerprint density at radius 2 is 2.04 bits per heavy atom. The maximum Gasteiger partial charge on any atom is 0.0950 e. The molecule has 0 unspecified atom stereocenters. The second-order valence-electron chi connectivity index (χ2n) is 6.52. The second-order valence-corrected chi connectivity index (χ2v) is 6.52. The molecule has 0 spiro atoms. The molecule has 24 heavy (non-hydrogen) atoms. The van der Waals surface area contributed by atoms with Crippen LogP contribution in [0.25, 0.3) is 10.9 Å². The Bertz CT molecular complexity index is 855. The molecule has 0 saturated carbocycles. The van der Waals surface area contributed by atoms with E-state index in [-0.39, 0.29) is 0 Å². The number of aryl methyl sites for hydroxylation is 1. The zero-order valence-corrected chi connectivity index (χ0v) is 13.9. The zero-order valence-electron chi connectivity index (χ0n) is 13.9. The Morgan fingerprint density at radius 3 is 2.92 bits per heavy atom. The Morgan fingerprint density at radius 1 is 1.17 bits per heavy atom. The summed E-state index contributed by atoms with van der Waals surface area (Å²) in [7, 11) is 0. The third kappa shape index (κ3) is 3.05. The summed E-state index contributed by atoms with van der Waals surface area (Å²) in [5.41, 5.74) is 4.07. The van der Waals surface area contributed by atoms with Gasteiger partial charge in [0.25, 0.3) is 0 Å². The average molecular weight is 322 g/mol. The standard InChI is InChI=1S/C19H22N4O/c1-14(24)19-11-17-13-22(9-4-10-23(17)21-19)12-16-8-7-15-5-2-3-6-18(15)20-16/h2-3,5-8,11,14,24H,4,9-10,12-13H2,1H3/t14-/m1/s1. The van der Waals surface area contributed by atoms with Gasteiger partial charge in [0.2, 0.25) is 0 Å². The molecular formula is C19H22N4O. The Balaban J connectivity index is 1.54. The second kappa shape index (κ2) is 6.34. The minimum atomic E-state index is -0.514. The number of aliphatic hydroxyl groups is 1. The van der Waals surface area contributed by atoms with Crippen LogP contribution in [0.1, 0.15) is 36.5 Å². The number of fused-ring (bicyclic) bond motifs is 2. The zero-order chi connectivity index (χ0) is 16.5. The molecule has 3 heterocycles. The van der Waals surface area contributed by atoms with E-state index in [2.05, 4.69) is 34.3 Å². The lowest BCUT2D eigenvalue weighted by atomic mass is 10.2. The van der Waals surface area contributed by atoms with Crippen molar-refractivity contribution in [3.05, 3.63) is 59.5 Å². The van der Waals surface area contributed by atoms with Gasteiger partial charge in [-0.1, -0.05) is 24.3 Å². The summed E-state index contributed by atoms with van der Waals surface area (Å²) in [4.78, 5) is 7.19. The van der Waals surface area contributed by atoms with Crippen LogP contribution in [-0.2, 0) is 19.6 Å². The monoisotopic (exact) mass is 322 g/mol. The normalized spacial score (nSPS) is 16.8. The first-order valence-corrected chi connectivity index (χ1v) is 8.51. The van der Waals surface area contributed by atoms with Crippen molar-refractivity contribution in [3.8, 4) is 0 Å². The number of aromatic nitrogens is 3. The molecule has 1 aromatic carbocycles. The maximum atomic E-state index is 9.75. The van der Waals surface area contributed by atoms with Gasteiger partial charge in [0, 0.05) is 31.6 Å². The predicted molar refractivity (Wildman–Crippen MR) is 93.3 cm³/mol. The van der Waals surface area contributed by atoms with E-state index in [0.717, 1.165) is 49.5 Å². The fourth-order valence-electron chi connectivity index (χ4n) is 3.32. The van der Waals surface area contributed by atoms with Gasteiger partial charge in [0.05, 0.1) is 28.7 Å². The van der Waals surface area contributed by atoms with Gasteiger partial charge in [-0.15, -0.1) is 0 Å². The molecule has 0 saturated heterocycles. The maximum absolute atomic E-state index is 9.75. The van der Waals surface area contributed by atoms with E-state index in [4.69, 9.17) is 4.98 Å². The molecule has 1 aliphatic rings. The molecule has 0 fully saturated rings. The molecule has 0 aliphatic carbocycles. The number of nitrogens with zero attached hydrogens (tertiary/aromatic N) is 4. The molecule has 0 amide bonds. The van der Waals surface area contributed by atoms with Gasteiger partial charge in [-0.2, -0.15) is 5.10 Å². The molecular weight excluding hydrogens is 300 g/mol. The SMILES string of the molecule is C[C@@H](O)c1cc2n(n1)CCCN(Cc1ccc3ccccc3n1)C2. The van der Waals surface area contributed by atoms with Crippen LogP contribution in [0, 0.1) is 0 Å². The number of pyridine rings is 1. The number of rotatable bonds is 3. The fraction of sp³-hybridized carbons (Fsp3) is 0.368. The van der Waals surface area contributed by atoms with Crippen molar-refractivity contribution >= 4 is 10.9 Å². The molecule has 3 aromatic rings. The van der Waals surface area contributed by atoms with Crippen LogP contribution < -0.4 is 0 Å². The number of hydrogen-bond acceptors (Lipinski definition) is 4. The molecule has 5 heteroatoms. The summed E-state index contributed by atoms with van der Waals surface area (Å²) in [6.07, 6.45) is 0.543. The molecule has 4 rings (SSSR count). The molecule has 124 valence electrons. The highest BCUT2D eigenvalue weighted by Gasteiger charge is 2.18. The van der Waals surface area contributed by atoms with Gasteiger partial charge in [-0.3, -0.25) is 14.6 Å². The van der Waals surface area contributed by atoms with E-state index in [1.54, 1.807) is 6.92 Å². The molecule has 2 aromatic heterocycles. The van der Waals surface area contributed by atoms with E-state index < -0.39 is 6.10 Å². The van der Waals surface area contributed by atoms with Crippen LogP contribution in [0.3, 0.4) is 0 Å². The molecule has 0 bridgehead atoms. The predicted octanol–water partition coefficient (Wildman–Crippen LogP) is 2.89. The number of benzene rings is 1. The van der Waals surface area contributed by atoms with Crippen molar-refractivity contribution in [1.82, 2.24) is 19.7 Å². The summed E-state index contributed by atoms with van der Waals surface area (Å²) >= 11 is 0. The van der Waals surface area contributed by atoms with Crippen molar-refractivity contribution in [2.45, 2.75) is 39.1 Å². The summed E-state index contributed by atoms with van der Waals surface area (Å²) in [6, 6.07) is 14.5. The van der Waals surface area contributed by atoms with Crippen molar-refractivity contribution in [2.24, 2.45) is 0 Å². The Hall–Kier alpha value is -2.24. The van der Waals surface area contributed by atoms with Gasteiger partial charge < -0.3 is 5.11 Å².